The summed E-state index contributed by atoms with van der Waals surface area (Å²) in [7, 11) is 0. The van der Waals surface area contributed by atoms with Gasteiger partial charge in [0.05, 0.1) is 10.9 Å². The van der Waals surface area contributed by atoms with E-state index in [1.54, 1.807) is 30.3 Å². The molecule has 0 aliphatic carbocycles. The number of rotatable bonds is 6. The third-order valence-electron chi connectivity index (χ3n) is 3.64. The SMILES string of the molecule is C=CCOc1ccc(C(=O)[O-])cc1.O=[N+]([O-])c1ccc(-c2ccccc2)cc1. The highest BCUT2D eigenvalue weighted by Gasteiger charge is 2.04. The second-order valence-electron chi connectivity index (χ2n) is 5.58. The van der Waals surface area contributed by atoms with Gasteiger partial charge in [0.25, 0.3) is 5.69 Å². The Kier molecular flexibility index (Phi) is 7.48. The average Bonchev–Trinajstić information content (AvgIpc) is 2.73. The van der Waals surface area contributed by atoms with E-state index in [4.69, 9.17) is 4.74 Å². The monoisotopic (exact) mass is 376 g/mol. The topological polar surface area (TPSA) is 92.5 Å². The van der Waals surface area contributed by atoms with E-state index in [0.717, 1.165) is 11.1 Å². The van der Waals surface area contributed by atoms with E-state index < -0.39 is 10.9 Å². The molecule has 0 amide bonds. The van der Waals surface area contributed by atoms with Crippen molar-refractivity contribution in [2.75, 3.05) is 6.61 Å². The fourth-order valence-corrected chi connectivity index (χ4v) is 2.25. The van der Waals surface area contributed by atoms with Crippen LogP contribution in [0.3, 0.4) is 0 Å². The molecule has 0 radical (unpaired) electrons. The third kappa shape index (κ3) is 6.10. The van der Waals surface area contributed by atoms with Gasteiger partial charge in [-0.2, -0.15) is 0 Å². The fraction of sp³-hybridized carbons (Fsp3) is 0.0455. The second-order valence-corrected chi connectivity index (χ2v) is 5.58. The van der Waals surface area contributed by atoms with Crippen LogP contribution in [0.25, 0.3) is 11.1 Å². The maximum Gasteiger partial charge on any atom is 0.269 e. The number of non-ortho nitro benzene ring substituents is 1. The van der Waals surface area contributed by atoms with Crippen molar-refractivity contribution in [1.29, 1.82) is 0 Å². The number of carbonyl (C=O) groups excluding carboxylic acids is 1. The highest BCUT2D eigenvalue weighted by atomic mass is 16.6. The molecule has 0 heterocycles. The maximum atomic E-state index is 10.5. The van der Waals surface area contributed by atoms with Gasteiger partial charge in [0.1, 0.15) is 12.4 Å². The van der Waals surface area contributed by atoms with Crippen molar-refractivity contribution in [2.24, 2.45) is 0 Å². The molecule has 0 spiro atoms. The Labute approximate surface area is 162 Å². The molecule has 3 aromatic rings. The van der Waals surface area contributed by atoms with Gasteiger partial charge in [0.2, 0.25) is 0 Å². The minimum Gasteiger partial charge on any atom is -0.545 e. The quantitative estimate of drug-likeness (QED) is 0.370. The Morgan fingerprint density at radius 1 is 0.929 bits per heavy atom. The smallest absolute Gasteiger partial charge is 0.269 e. The molecule has 0 saturated carbocycles. The van der Waals surface area contributed by atoms with Crippen LogP contribution in [-0.2, 0) is 0 Å². The van der Waals surface area contributed by atoms with Crippen LogP contribution in [0.5, 0.6) is 5.75 Å². The molecule has 6 heteroatoms. The van der Waals surface area contributed by atoms with Crippen LogP contribution >= 0.6 is 0 Å². The zero-order valence-corrected chi connectivity index (χ0v) is 15.0. The van der Waals surface area contributed by atoms with E-state index in [2.05, 4.69) is 6.58 Å². The van der Waals surface area contributed by atoms with Crippen LogP contribution in [0.15, 0.2) is 91.5 Å². The van der Waals surface area contributed by atoms with Gasteiger partial charge in [-0.25, -0.2) is 0 Å². The second kappa shape index (κ2) is 10.3. The molecule has 0 fully saturated rings. The molecule has 0 aliphatic heterocycles. The summed E-state index contributed by atoms with van der Waals surface area (Å²) in [5.41, 5.74) is 2.31. The van der Waals surface area contributed by atoms with E-state index in [-0.39, 0.29) is 11.3 Å². The molecule has 0 N–H and O–H groups in total. The number of nitro benzene ring substituents is 1. The number of aromatic carboxylic acids is 1. The normalized spacial score (nSPS) is 9.57. The van der Waals surface area contributed by atoms with Gasteiger partial charge < -0.3 is 14.6 Å². The number of nitrogens with zero attached hydrogens (tertiary/aromatic N) is 1. The number of carboxylic acids is 1. The Morgan fingerprint density at radius 2 is 1.50 bits per heavy atom. The molecule has 0 bridgehead atoms. The van der Waals surface area contributed by atoms with Gasteiger partial charge in [-0.1, -0.05) is 43.0 Å². The van der Waals surface area contributed by atoms with E-state index in [1.807, 2.05) is 30.3 Å². The van der Waals surface area contributed by atoms with Crippen molar-refractivity contribution in [3.05, 3.63) is 107 Å². The van der Waals surface area contributed by atoms with Gasteiger partial charge >= 0.3 is 0 Å². The van der Waals surface area contributed by atoms with Gasteiger partial charge in [-0.3, -0.25) is 10.1 Å². The zero-order valence-electron chi connectivity index (χ0n) is 15.0. The molecule has 0 unspecified atom stereocenters. The highest BCUT2D eigenvalue weighted by Crippen LogP contribution is 2.21. The summed E-state index contributed by atoms with van der Waals surface area (Å²) in [6.07, 6.45) is 1.62. The van der Waals surface area contributed by atoms with Crippen molar-refractivity contribution in [1.82, 2.24) is 0 Å². The lowest BCUT2D eigenvalue weighted by molar-refractivity contribution is -0.384. The number of benzene rings is 3. The molecule has 0 aromatic heterocycles. The summed E-state index contributed by atoms with van der Waals surface area (Å²) in [6, 6.07) is 22.3. The summed E-state index contributed by atoms with van der Waals surface area (Å²) in [5, 5.41) is 20.8. The summed E-state index contributed by atoms with van der Waals surface area (Å²) >= 11 is 0. The Bertz CT molecular complexity index is 919. The van der Waals surface area contributed by atoms with Crippen LogP contribution in [0.2, 0.25) is 0 Å². The number of carboxylic acid groups (broad SMARTS) is 1. The van der Waals surface area contributed by atoms with Gasteiger partial charge in [0.15, 0.2) is 0 Å². The maximum absolute atomic E-state index is 10.5. The summed E-state index contributed by atoms with van der Waals surface area (Å²) in [4.78, 5) is 20.4. The van der Waals surface area contributed by atoms with E-state index in [1.165, 1.54) is 24.3 Å². The molecular weight excluding hydrogens is 358 g/mol. The van der Waals surface area contributed by atoms with Crippen LogP contribution in [-0.4, -0.2) is 17.5 Å². The predicted octanol–water partition coefficient (Wildman–Crippen LogP) is 3.88. The average molecular weight is 376 g/mol. The first-order valence-electron chi connectivity index (χ1n) is 8.36. The fourth-order valence-electron chi connectivity index (χ4n) is 2.25. The van der Waals surface area contributed by atoms with Crippen LogP contribution in [0, 0.1) is 10.1 Å². The van der Waals surface area contributed by atoms with Crippen molar-refractivity contribution in [2.45, 2.75) is 0 Å². The van der Waals surface area contributed by atoms with Crippen molar-refractivity contribution in [3.8, 4) is 16.9 Å². The Morgan fingerprint density at radius 3 is 2.00 bits per heavy atom. The molecule has 3 aromatic carbocycles. The summed E-state index contributed by atoms with van der Waals surface area (Å²) in [5.74, 6) is -0.569. The van der Waals surface area contributed by atoms with Crippen molar-refractivity contribution in [3.63, 3.8) is 0 Å². The van der Waals surface area contributed by atoms with Crippen molar-refractivity contribution >= 4 is 11.7 Å². The minimum atomic E-state index is -1.18. The predicted molar refractivity (Wildman–Crippen MR) is 105 cm³/mol. The van der Waals surface area contributed by atoms with Gasteiger partial charge in [-0.15, -0.1) is 0 Å². The number of hydrogen-bond acceptors (Lipinski definition) is 5. The molecule has 28 heavy (non-hydrogen) atoms. The first kappa shape index (κ1) is 20.4. The standard InChI is InChI=1S/C12H9NO2.C10H10O3/c14-13(15)12-8-6-11(7-9-12)10-4-2-1-3-5-10;1-2-7-13-9-5-3-8(4-6-9)10(11)12/h1-9H;2-6H,1,7H2,(H,11,12)/p-1. The zero-order chi connectivity index (χ0) is 20.4. The molecule has 0 aliphatic rings. The lowest BCUT2D eigenvalue weighted by Gasteiger charge is -2.05. The number of hydrogen-bond donors (Lipinski definition) is 0. The molecule has 142 valence electrons. The largest absolute Gasteiger partial charge is 0.545 e. The van der Waals surface area contributed by atoms with E-state index >= 15 is 0 Å². The van der Waals surface area contributed by atoms with Crippen LogP contribution < -0.4 is 9.84 Å². The molecule has 3 rings (SSSR count). The summed E-state index contributed by atoms with van der Waals surface area (Å²) in [6.45, 7) is 3.90. The van der Waals surface area contributed by atoms with Gasteiger partial charge in [0, 0.05) is 12.1 Å². The Hall–Kier alpha value is -3.93. The van der Waals surface area contributed by atoms with Crippen molar-refractivity contribution < 1.29 is 19.6 Å². The summed E-state index contributed by atoms with van der Waals surface area (Å²) < 4.78 is 5.16. The van der Waals surface area contributed by atoms with E-state index in [0.29, 0.717) is 12.4 Å². The molecule has 0 atom stereocenters. The highest BCUT2D eigenvalue weighted by molar-refractivity contribution is 5.85. The third-order valence-corrected chi connectivity index (χ3v) is 3.64. The molecule has 0 saturated heterocycles. The van der Waals surface area contributed by atoms with Crippen LogP contribution in [0.4, 0.5) is 5.69 Å². The first-order valence-corrected chi connectivity index (χ1v) is 8.36. The van der Waals surface area contributed by atoms with E-state index in [9.17, 15) is 20.0 Å². The number of carbonyl (C=O) groups is 1. The number of ether oxygens (including phenoxy) is 1. The lowest BCUT2D eigenvalue weighted by Crippen LogP contribution is -2.21. The van der Waals surface area contributed by atoms with Crippen LogP contribution in [0.1, 0.15) is 10.4 Å². The lowest BCUT2D eigenvalue weighted by atomic mass is 10.1. The van der Waals surface area contributed by atoms with Gasteiger partial charge in [-0.05, 0) is 53.1 Å². The number of nitro groups is 1. The minimum absolute atomic E-state index is 0.120. The Balaban J connectivity index is 0.000000203. The first-order chi connectivity index (χ1) is 13.5. The molecular formula is C22H18NO5-. The molecule has 6 nitrogen and oxygen atoms in total.